The Morgan fingerprint density at radius 1 is 1.15 bits per heavy atom. The third-order valence-corrected chi connectivity index (χ3v) is 3.32. The van der Waals surface area contributed by atoms with Gasteiger partial charge in [-0.25, -0.2) is 5.43 Å². The number of ether oxygens (including phenoxy) is 2. The largest absolute Gasteiger partial charge is 0.497 e. The van der Waals surface area contributed by atoms with E-state index in [4.69, 9.17) is 9.47 Å². The number of hydrogen-bond donors (Lipinski definition) is 2. The zero-order valence-corrected chi connectivity index (χ0v) is 14.8. The summed E-state index contributed by atoms with van der Waals surface area (Å²) in [5.74, 6) is 0.454. The quantitative estimate of drug-likeness (QED) is 0.585. The molecule has 0 unspecified atom stereocenters. The SMILES string of the molecule is COc1cc(NC(=O)CC(C)=NNC(=O)c2cccnc2)cc(OC)c1. The number of aromatic nitrogens is 1. The number of hydrogen-bond acceptors (Lipinski definition) is 6. The van der Waals surface area contributed by atoms with Gasteiger partial charge >= 0.3 is 0 Å². The van der Waals surface area contributed by atoms with Gasteiger partial charge in [0.1, 0.15) is 11.5 Å². The van der Waals surface area contributed by atoms with Crippen LogP contribution in [0.1, 0.15) is 23.7 Å². The minimum atomic E-state index is -0.393. The second kappa shape index (κ2) is 9.16. The fourth-order valence-electron chi connectivity index (χ4n) is 2.06. The molecule has 0 aliphatic heterocycles. The summed E-state index contributed by atoms with van der Waals surface area (Å²) in [5, 5.41) is 6.67. The van der Waals surface area contributed by atoms with Crippen LogP contribution < -0.4 is 20.2 Å². The van der Waals surface area contributed by atoms with E-state index in [1.807, 2.05) is 0 Å². The number of anilines is 1. The highest BCUT2D eigenvalue weighted by atomic mass is 16.5. The lowest BCUT2D eigenvalue weighted by Gasteiger charge is -2.10. The number of benzene rings is 1. The molecule has 136 valence electrons. The van der Waals surface area contributed by atoms with Crippen molar-refractivity contribution in [2.24, 2.45) is 5.10 Å². The molecule has 0 aliphatic rings. The first-order valence-corrected chi connectivity index (χ1v) is 7.78. The van der Waals surface area contributed by atoms with Gasteiger partial charge in [-0.15, -0.1) is 0 Å². The molecule has 2 N–H and O–H groups in total. The summed E-state index contributed by atoms with van der Waals surface area (Å²) >= 11 is 0. The molecule has 1 aromatic carbocycles. The van der Waals surface area contributed by atoms with Crippen LogP contribution in [0.15, 0.2) is 47.8 Å². The van der Waals surface area contributed by atoms with Gasteiger partial charge in [0.05, 0.1) is 26.2 Å². The third-order valence-electron chi connectivity index (χ3n) is 3.32. The lowest BCUT2D eigenvalue weighted by atomic mass is 10.2. The first kappa shape index (κ1) is 18.9. The molecule has 26 heavy (non-hydrogen) atoms. The molecule has 2 amide bonds. The highest BCUT2D eigenvalue weighted by Gasteiger charge is 2.09. The van der Waals surface area contributed by atoms with Crippen LogP contribution in [0.2, 0.25) is 0 Å². The monoisotopic (exact) mass is 356 g/mol. The maximum atomic E-state index is 12.1. The molecule has 8 nitrogen and oxygen atoms in total. The number of hydrazone groups is 1. The summed E-state index contributed by atoms with van der Waals surface area (Å²) < 4.78 is 10.3. The van der Waals surface area contributed by atoms with Crippen LogP contribution in [0, 0.1) is 0 Å². The maximum Gasteiger partial charge on any atom is 0.272 e. The molecule has 0 fully saturated rings. The van der Waals surface area contributed by atoms with Crippen LogP contribution in [0.3, 0.4) is 0 Å². The predicted molar refractivity (Wildman–Crippen MR) is 97.6 cm³/mol. The van der Waals surface area contributed by atoms with Crippen molar-refractivity contribution in [3.05, 3.63) is 48.3 Å². The summed E-state index contributed by atoms with van der Waals surface area (Å²) in [6, 6.07) is 8.34. The van der Waals surface area contributed by atoms with E-state index in [0.717, 1.165) is 0 Å². The molecule has 0 saturated heterocycles. The van der Waals surface area contributed by atoms with Gasteiger partial charge in [0.25, 0.3) is 5.91 Å². The second-order valence-electron chi connectivity index (χ2n) is 5.36. The van der Waals surface area contributed by atoms with E-state index in [0.29, 0.717) is 28.5 Å². The van der Waals surface area contributed by atoms with Crippen molar-refractivity contribution < 1.29 is 19.1 Å². The summed E-state index contributed by atoms with van der Waals surface area (Å²) in [6.45, 7) is 1.65. The summed E-state index contributed by atoms with van der Waals surface area (Å²) in [4.78, 5) is 27.9. The number of amides is 2. The van der Waals surface area contributed by atoms with Crippen molar-refractivity contribution in [3.8, 4) is 11.5 Å². The van der Waals surface area contributed by atoms with E-state index < -0.39 is 5.91 Å². The first-order valence-electron chi connectivity index (χ1n) is 7.78. The van der Waals surface area contributed by atoms with Gasteiger partial charge in [-0.1, -0.05) is 0 Å². The number of carbonyl (C=O) groups is 2. The van der Waals surface area contributed by atoms with Crippen LogP contribution >= 0.6 is 0 Å². The maximum absolute atomic E-state index is 12.1. The number of nitrogens with zero attached hydrogens (tertiary/aromatic N) is 2. The normalized spacial score (nSPS) is 10.8. The van der Waals surface area contributed by atoms with E-state index in [1.165, 1.54) is 20.4 Å². The number of carbonyl (C=O) groups excluding carboxylic acids is 2. The lowest BCUT2D eigenvalue weighted by Crippen LogP contribution is -2.21. The van der Waals surface area contributed by atoms with Crippen molar-refractivity contribution in [1.82, 2.24) is 10.4 Å². The lowest BCUT2D eigenvalue weighted by molar-refractivity contribution is -0.115. The topological polar surface area (TPSA) is 102 Å². The van der Waals surface area contributed by atoms with Crippen LogP contribution in [-0.2, 0) is 4.79 Å². The number of rotatable bonds is 7. The number of pyridine rings is 1. The summed E-state index contributed by atoms with van der Waals surface area (Å²) in [7, 11) is 3.06. The standard InChI is InChI=1S/C18H20N4O4/c1-12(21-22-18(24)13-5-4-6-19-11-13)7-17(23)20-14-8-15(25-2)10-16(9-14)26-3/h4-6,8-11H,7H2,1-3H3,(H,20,23)(H,22,24). The molecule has 0 atom stereocenters. The Kier molecular flexibility index (Phi) is 6.67. The van der Waals surface area contributed by atoms with Crippen LogP contribution in [0.5, 0.6) is 11.5 Å². The number of methoxy groups -OCH3 is 2. The van der Waals surface area contributed by atoms with E-state index in [9.17, 15) is 9.59 Å². The Balaban J connectivity index is 1.93. The molecule has 8 heteroatoms. The smallest absolute Gasteiger partial charge is 0.272 e. The molecule has 2 rings (SSSR count). The van der Waals surface area contributed by atoms with E-state index >= 15 is 0 Å². The van der Waals surface area contributed by atoms with Crippen molar-refractivity contribution in [1.29, 1.82) is 0 Å². The van der Waals surface area contributed by atoms with Crippen molar-refractivity contribution in [2.45, 2.75) is 13.3 Å². The fourth-order valence-corrected chi connectivity index (χ4v) is 2.06. The van der Waals surface area contributed by atoms with E-state index in [-0.39, 0.29) is 12.3 Å². The van der Waals surface area contributed by atoms with Crippen molar-refractivity contribution in [3.63, 3.8) is 0 Å². The fraction of sp³-hybridized carbons (Fsp3) is 0.222. The molecular weight excluding hydrogens is 336 g/mol. The van der Waals surface area contributed by atoms with Gasteiger partial charge in [0.15, 0.2) is 0 Å². The Hall–Kier alpha value is -3.42. The third kappa shape index (κ3) is 5.59. The zero-order chi connectivity index (χ0) is 18.9. The minimum Gasteiger partial charge on any atom is -0.497 e. The van der Waals surface area contributed by atoms with Gasteiger partial charge in [-0.2, -0.15) is 5.10 Å². The molecule has 0 spiro atoms. The Morgan fingerprint density at radius 2 is 1.85 bits per heavy atom. The van der Waals surface area contributed by atoms with Gasteiger partial charge in [-0.05, 0) is 19.1 Å². The molecule has 0 aliphatic carbocycles. The molecule has 0 radical (unpaired) electrons. The Labute approximate surface area is 151 Å². The summed E-state index contributed by atoms with van der Waals surface area (Å²) in [5.41, 5.74) is 3.77. The van der Waals surface area contributed by atoms with Crippen LogP contribution in [0.4, 0.5) is 5.69 Å². The Morgan fingerprint density at radius 3 is 2.42 bits per heavy atom. The molecule has 1 heterocycles. The second-order valence-corrected chi connectivity index (χ2v) is 5.36. The predicted octanol–water partition coefficient (Wildman–Crippen LogP) is 2.23. The molecule has 2 aromatic rings. The van der Waals surface area contributed by atoms with Gasteiger partial charge < -0.3 is 14.8 Å². The Bertz CT molecular complexity index is 784. The van der Waals surface area contributed by atoms with Crippen LogP contribution in [-0.4, -0.2) is 36.7 Å². The van der Waals surface area contributed by atoms with Gasteiger partial charge in [-0.3, -0.25) is 14.6 Å². The number of nitrogens with one attached hydrogen (secondary N) is 2. The average molecular weight is 356 g/mol. The van der Waals surface area contributed by atoms with E-state index in [1.54, 1.807) is 43.5 Å². The average Bonchev–Trinajstić information content (AvgIpc) is 2.66. The molecule has 0 saturated carbocycles. The van der Waals surface area contributed by atoms with Gasteiger partial charge in [0, 0.05) is 42.0 Å². The molecule has 1 aromatic heterocycles. The zero-order valence-electron chi connectivity index (χ0n) is 14.8. The van der Waals surface area contributed by atoms with Gasteiger partial charge in [0.2, 0.25) is 5.91 Å². The van der Waals surface area contributed by atoms with Crippen molar-refractivity contribution in [2.75, 3.05) is 19.5 Å². The van der Waals surface area contributed by atoms with Crippen LogP contribution in [0.25, 0.3) is 0 Å². The highest BCUT2D eigenvalue weighted by Crippen LogP contribution is 2.25. The summed E-state index contributed by atoms with van der Waals surface area (Å²) in [6.07, 6.45) is 3.03. The minimum absolute atomic E-state index is 0.0207. The van der Waals surface area contributed by atoms with Crippen molar-refractivity contribution >= 4 is 23.2 Å². The highest BCUT2D eigenvalue weighted by molar-refractivity contribution is 6.06. The van der Waals surface area contributed by atoms with E-state index in [2.05, 4.69) is 20.8 Å². The molecule has 0 bridgehead atoms. The first-order chi connectivity index (χ1) is 12.5. The molecular formula is C18H20N4O4.